The number of aliphatic hydroxyl groups is 1. The van der Waals surface area contributed by atoms with E-state index in [4.69, 9.17) is 15.6 Å². The molecular weight excluding hydrogens is 269 g/mol. The molecule has 15 heavy (non-hydrogen) atoms. The van der Waals surface area contributed by atoms with Crippen molar-refractivity contribution >= 4 is 15.9 Å². The molecule has 1 unspecified atom stereocenters. The molecule has 0 heterocycles. The SMILES string of the molecule is COc1c(O)cc(F)c(C(N)CO)c1Br. The Labute approximate surface area is 94.6 Å². The smallest absolute Gasteiger partial charge is 0.175 e. The first-order valence-electron chi connectivity index (χ1n) is 4.14. The highest BCUT2D eigenvalue weighted by molar-refractivity contribution is 9.10. The van der Waals surface area contributed by atoms with Crippen LogP contribution in [0.4, 0.5) is 4.39 Å². The van der Waals surface area contributed by atoms with Crippen LogP contribution in [0.1, 0.15) is 11.6 Å². The molecule has 1 atom stereocenters. The summed E-state index contributed by atoms with van der Waals surface area (Å²) in [5, 5.41) is 18.2. The number of phenols is 1. The number of phenolic OH excluding ortho intramolecular Hbond substituents is 1. The molecule has 0 saturated carbocycles. The Morgan fingerprint density at radius 3 is 2.73 bits per heavy atom. The molecule has 0 amide bonds. The van der Waals surface area contributed by atoms with Gasteiger partial charge < -0.3 is 20.7 Å². The maximum Gasteiger partial charge on any atom is 0.175 e. The number of halogens is 2. The van der Waals surface area contributed by atoms with E-state index >= 15 is 0 Å². The van der Waals surface area contributed by atoms with Crippen LogP contribution in [0, 0.1) is 5.82 Å². The molecule has 1 aromatic carbocycles. The van der Waals surface area contributed by atoms with E-state index in [-0.39, 0.29) is 21.5 Å². The van der Waals surface area contributed by atoms with Crippen LogP contribution in [0.5, 0.6) is 11.5 Å². The predicted molar refractivity (Wildman–Crippen MR) is 56.3 cm³/mol. The molecule has 0 aliphatic heterocycles. The number of aliphatic hydroxyl groups excluding tert-OH is 1. The molecule has 0 fully saturated rings. The second-order valence-corrected chi connectivity index (χ2v) is 3.72. The lowest BCUT2D eigenvalue weighted by Gasteiger charge is -2.15. The maximum absolute atomic E-state index is 13.4. The van der Waals surface area contributed by atoms with Crippen LogP contribution < -0.4 is 10.5 Å². The number of ether oxygens (including phenoxy) is 1. The molecule has 1 aromatic rings. The van der Waals surface area contributed by atoms with Crippen molar-refractivity contribution in [2.45, 2.75) is 6.04 Å². The largest absolute Gasteiger partial charge is 0.504 e. The van der Waals surface area contributed by atoms with Gasteiger partial charge in [-0.2, -0.15) is 0 Å². The van der Waals surface area contributed by atoms with Crippen molar-refractivity contribution in [3.63, 3.8) is 0 Å². The van der Waals surface area contributed by atoms with Gasteiger partial charge in [0, 0.05) is 11.6 Å². The summed E-state index contributed by atoms with van der Waals surface area (Å²) < 4.78 is 18.5. The lowest BCUT2D eigenvalue weighted by atomic mass is 10.1. The van der Waals surface area contributed by atoms with Crippen molar-refractivity contribution in [3.8, 4) is 11.5 Å². The van der Waals surface area contributed by atoms with Crippen LogP contribution in [-0.4, -0.2) is 23.9 Å². The average molecular weight is 280 g/mol. The standard InChI is InChI=1S/C9H11BrFNO3/c1-15-9-6(14)2-4(11)7(8(9)10)5(12)3-13/h2,5,13-14H,3,12H2,1H3. The van der Waals surface area contributed by atoms with Gasteiger partial charge in [-0.25, -0.2) is 4.39 Å². The molecule has 84 valence electrons. The van der Waals surface area contributed by atoms with Gasteiger partial charge >= 0.3 is 0 Å². The summed E-state index contributed by atoms with van der Waals surface area (Å²) in [7, 11) is 1.34. The van der Waals surface area contributed by atoms with E-state index < -0.39 is 18.5 Å². The van der Waals surface area contributed by atoms with Crippen molar-refractivity contribution in [2.75, 3.05) is 13.7 Å². The van der Waals surface area contributed by atoms with Gasteiger partial charge in [-0.05, 0) is 15.9 Å². The quantitative estimate of drug-likeness (QED) is 0.780. The molecule has 0 radical (unpaired) electrons. The van der Waals surface area contributed by atoms with Crippen molar-refractivity contribution in [1.82, 2.24) is 0 Å². The fourth-order valence-corrected chi connectivity index (χ4v) is 2.08. The zero-order valence-corrected chi connectivity index (χ0v) is 9.58. The molecule has 0 saturated heterocycles. The third kappa shape index (κ3) is 2.22. The van der Waals surface area contributed by atoms with Gasteiger partial charge in [0.25, 0.3) is 0 Å². The van der Waals surface area contributed by atoms with Gasteiger partial charge in [0.1, 0.15) is 5.82 Å². The minimum absolute atomic E-state index is 0.0761. The van der Waals surface area contributed by atoms with Crippen LogP contribution >= 0.6 is 15.9 Å². The van der Waals surface area contributed by atoms with Crippen molar-refractivity contribution in [2.24, 2.45) is 5.73 Å². The summed E-state index contributed by atoms with van der Waals surface area (Å²) in [5.74, 6) is -0.923. The first-order chi connectivity index (χ1) is 7.02. The molecular formula is C9H11BrFNO3. The highest BCUT2D eigenvalue weighted by atomic mass is 79.9. The van der Waals surface area contributed by atoms with E-state index in [9.17, 15) is 9.50 Å². The van der Waals surface area contributed by atoms with Gasteiger partial charge in [-0.1, -0.05) is 0 Å². The third-order valence-electron chi connectivity index (χ3n) is 1.96. The molecule has 4 nitrogen and oxygen atoms in total. The number of aromatic hydroxyl groups is 1. The zero-order valence-electron chi connectivity index (χ0n) is 8.00. The predicted octanol–water partition coefficient (Wildman–Crippen LogP) is 1.29. The Kier molecular flexibility index (Phi) is 3.90. The summed E-state index contributed by atoms with van der Waals surface area (Å²) in [6, 6.07) is 0.0305. The Morgan fingerprint density at radius 1 is 1.67 bits per heavy atom. The van der Waals surface area contributed by atoms with Crippen molar-refractivity contribution in [1.29, 1.82) is 0 Å². The van der Waals surface area contributed by atoms with E-state index in [1.54, 1.807) is 0 Å². The van der Waals surface area contributed by atoms with E-state index in [1.807, 2.05) is 0 Å². The van der Waals surface area contributed by atoms with E-state index in [0.717, 1.165) is 6.07 Å². The average Bonchev–Trinajstić information content (AvgIpc) is 2.17. The highest BCUT2D eigenvalue weighted by Gasteiger charge is 2.21. The van der Waals surface area contributed by atoms with Crippen LogP contribution in [0.25, 0.3) is 0 Å². The van der Waals surface area contributed by atoms with Crippen LogP contribution in [0.2, 0.25) is 0 Å². The fraction of sp³-hybridized carbons (Fsp3) is 0.333. The Bertz CT molecular complexity index is 373. The van der Waals surface area contributed by atoms with E-state index in [0.29, 0.717) is 0 Å². The number of benzene rings is 1. The molecule has 4 N–H and O–H groups in total. The van der Waals surface area contributed by atoms with Gasteiger partial charge in [-0.15, -0.1) is 0 Å². The number of methoxy groups -OCH3 is 1. The van der Waals surface area contributed by atoms with Crippen LogP contribution in [-0.2, 0) is 0 Å². The molecule has 1 rings (SSSR count). The number of nitrogens with two attached hydrogens (primary N) is 1. The Hall–Kier alpha value is -0.850. The zero-order chi connectivity index (χ0) is 11.6. The minimum Gasteiger partial charge on any atom is -0.504 e. The lowest BCUT2D eigenvalue weighted by molar-refractivity contribution is 0.264. The normalized spacial score (nSPS) is 12.6. The fourth-order valence-electron chi connectivity index (χ4n) is 1.23. The van der Waals surface area contributed by atoms with Gasteiger partial charge in [0.05, 0.1) is 24.2 Å². The van der Waals surface area contributed by atoms with E-state index in [1.165, 1.54) is 7.11 Å². The Balaban J connectivity index is 3.38. The van der Waals surface area contributed by atoms with Gasteiger partial charge in [0.2, 0.25) is 0 Å². The van der Waals surface area contributed by atoms with Crippen molar-refractivity contribution in [3.05, 3.63) is 21.9 Å². The first-order valence-corrected chi connectivity index (χ1v) is 4.93. The topological polar surface area (TPSA) is 75.7 Å². The molecule has 6 heteroatoms. The third-order valence-corrected chi connectivity index (χ3v) is 2.75. The maximum atomic E-state index is 13.4. The summed E-state index contributed by atoms with van der Waals surface area (Å²) in [6.45, 7) is -0.399. The number of hydrogen-bond acceptors (Lipinski definition) is 4. The molecule has 0 aliphatic carbocycles. The summed E-state index contributed by atoms with van der Waals surface area (Å²) >= 11 is 3.07. The summed E-state index contributed by atoms with van der Waals surface area (Å²) in [4.78, 5) is 0. The minimum atomic E-state index is -0.867. The Morgan fingerprint density at radius 2 is 2.27 bits per heavy atom. The van der Waals surface area contributed by atoms with E-state index in [2.05, 4.69) is 15.9 Å². The second kappa shape index (κ2) is 4.78. The molecule has 0 aromatic heterocycles. The number of rotatable bonds is 3. The highest BCUT2D eigenvalue weighted by Crippen LogP contribution is 2.40. The van der Waals surface area contributed by atoms with Crippen LogP contribution in [0.15, 0.2) is 10.5 Å². The monoisotopic (exact) mass is 279 g/mol. The molecule has 0 spiro atoms. The van der Waals surface area contributed by atoms with Crippen LogP contribution in [0.3, 0.4) is 0 Å². The van der Waals surface area contributed by atoms with Gasteiger partial charge in [-0.3, -0.25) is 0 Å². The second-order valence-electron chi connectivity index (χ2n) is 2.93. The first kappa shape index (κ1) is 12.2. The molecule has 0 bridgehead atoms. The molecule has 0 aliphatic rings. The summed E-state index contributed by atoms with van der Waals surface area (Å²) in [5.41, 5.74) is 5.59. The summed E-state index contributed by atoms with van der Waals surface area (Å²) in [6.07, 6.45) is 0. The number of hydrogen-bond donors (Lipinski definition) is 3. The lowest BCUT2D eigenvalue weighted by Crippen LogP contribution is -2.17. The van der Waals surface area contributed by atoms with Crippen molar-refractivity contribution < 1.29 is 19.3 Å². The van der Waals surface area contributed by atoms with Gasteiger partial charge in [0.15, 0.2) is 11.5 Å².